The van der Waals surface area contributed by atoms with Crippen LogP contribution in [0.5, 0.6) is 0 Å². The molecule has 2 aliphatic heterocycles. The smallest absolute Gasteiger partial charge is 1.00 e. The van der Waals surface area contributed by atoms with Gasteiger partial charge in [0.25, 0.3) is 11.8 Å². The third kappa shape index (κ3) is 6.74. The molecule has 17 heteroatoms. The zero-order valence-electron chi connectivity index (χ0n) is 21.0. The van der Waals surface area contributed by atoms with Crippen molar-refractivity contribution in [3.8, 4) is 0 Å². The maximum absolute atomic E-state index is 13.1. The number of hydrogen-bond donors (Lipinski definition) is 3. The third-order valence-electron chi connectivity index (χ3n) is 5.54. The predicted molar refractivity (Wildman–Crippen MR) is 130 cm³/mol. The largest absolute Gasteiger partial charge is 1.00 e. The molecular formula is C22H22ClLiN6O7S2. The van der Waals surface area contributed by atoms with Gasteiger partial charge in [-0.2, -0.15) is 0 Å². The van der Waals surface area contributed by atoms with Gasteiger partial charge in [0.1, 0.15) is 17.1 Å². The second-order valence-corrected chi connectivity index (χ2v) is 10.6. The Morgan fingerprint density at radius 3 is 2.56 bits per heavy atom. The maximum Gasteiger partial charge on any atom is 1.00 e. The molecule has 0 unspecified atom stereocenters. The molecule has 2 amide bonds. The Morgan fingerprint density at radius 1 is 1.33 bits per heavy atom. The van der Waals surface area contributed by atoms with Gasteiger partial charge in [0, 0.05) is 28.8 Å². The van der Waals surface area contributed by atoms with Gasteiger partial charge < -0.3 is 43.3 Å². The van der Waals surface area contributed by atoms with Crippen LogP contribution in [-0.4, -0.2) is 67.2 Å². The molecule has 2 aromatic heterocycles. The van der Waals surface area contributed by atoms with E-state index in [0.717, 1.165) is 16.2 Å². The summed E-state index contributed by atoms with van der Waals surface area (Å²) in [4.78, 5) is 59.6. The van der Waals surface area contributed by atoms with Crippen molar-refractivity contribution in [2.45, 2.75) is 37.4 Å². The summed E-state index contributed by atoms with van der Waals surface area (Å²) >= 11 is 2.32. The van der Waals surface area contributed by atoms with Gasteiger partial charge in [-0.15, -0.1) is 23.1 Å². The number of nitrogens with two attached hydrogens (primary N) is 1. The number of hydrogen-bond acceptors (Lipinski definition) is 11. The Labute approximate surface area is 249 Å². The van der Waals surface area contributed by atoms with Crippen LogP contribution in [0.4, 0.5) is 5.13 Å². The second kappa shape index (κ2) is 12.8. The summed E-state index contributed by atoms with van der Waals surface area (Å²) in [6.07, 6.45) is 3.55. The second-order valence-electron chi connectivity index (χ2n) is 8.57. The van der Waals surface area contributed by atoms with Gasteiger partial charge in [0.05, 0.1) is 11.7 Å². The molecule has 4 N–H and O–H groups in total. The number of nitrogen functional groups attached to an aromatic ring is 1. The number of carboxylic acids is 2. The van der Waals surface area contributed by atoms with Gasteiger partial charge in [0.15, 0.2) is 29.8 Å². The standard InChI is InChI=1S/C22H22N6O7S2.ClH.Li/c1-22(2,20(33)34)35-26-13(12-10-37-21(23)24-12)16(29)25-14-17(30)28-15(19(31)32)11(9-36-18(14)28)8-27-6-4-3-5-7-27;;/h3-7,10,14,18H,8-9H2,1-2H3,(H4-,23,24,25,29,31,32,33,34);1H;/q;;+1/p-1/b26-13-;;/t14-,18-;;/m1../s1. The summed E-state index contributed by atoms with van der Waals surface area (Å²) in [6, 6.07) is 4.36. The number of carbonyl (C=O) groups excluding carboxylic acids is 3. The van der Waals surface area contributed by atoms with Gasteiger partial charge in [-0.3, -0.25) is 14.5 Å². The van der Waals surface area contributed by atoms with Crippen molar-refractivity contribution in [3.05, 3.63) is 52.9 Å². The molecule has 4 rings (SSSR count). The zero-order valence-corrected chi connectivity index (χ0v) is 23.4. The van der Waals surface area contributed by atoms with Gasteiger partial charge >= 0.3 is 24.8 Å². The number of thiazole rings is 1. The van der Waals surface area contributed by atoms with Gasteiger partial charge in [-0.05, 0) is 13.8 Å². The van der Waals surface area contributed by atoms with Gasteiger partial charge in [-0.25, -0.2) is 14.3 Å². The van der Waals surface area contributed by atoms with E-state index < -0.39 is 40.8 Å². The Bertz CT molecular complexity index is 1340. The Hall–Kier alpha value is -3.09. The van der Waals surface area contributed by atoms with Crippen molar-refractivity contribution < 1.29 is 70.1 Å². The normalized spacial score (nSPS) is 18.7. The number of pyridine rings is 1. The number of oxime groups is 1. The van der Waals surface area contributed by atoms with Crippen LogP contribution in [0.2, 0.25) is 0 Å². The molecule has 1 saturated heterocycles. The number of aliphatic carboxylic acids is 2. The van der Waals surface area contributed by atoms with E-state index >= 15 is 0 Å². The van der Waals surface area contributed by atoms with Crippen LogP contribution < -0.4 is 52.0 Å². The van der Waals surface area contributed by atoms with E-state index in [9.17, 15) is 29.4 Å². The number of aromatic nitrogens is 2. The predicted octanol–water partition coefficient (Wildman–Crippen LogP) is -7.29. The van der Waals surface area contributed by atoms with Crippen molar-refractivity contribution in [1.82, 2.24) is 15.2 Å². The number of carbonyl (C=O) groups is 4. The molecule has 0 aromatic carbocycles. The molecule has 0 saturated carbocycles. The number of rotatable bonds is 9. The van der Waals surface area contributed by atoms with E-state index in [1.54, 1.807) is 29.1 Å². The molecular weight excluding hydrogens is 567 g/mol. The minimum absolute atomic E-state index is 0. The Morgan fingerprint density at radius 2 is 2.00 bits per heavy atom. The number of thioether (sulfide) groups is 1. The van der Waals surface area contributed by atoms with Crippen molar-refractivity contribution in [2.24, 2.45) is 5.16 Å². The summed E-state index contributed by atoms with van der Waals surface area (Å²) in [5.41, 5.74) is 3.83. The van der Waals surface area contributed by atoms with Crippen LogP contribution in [-0.2, 0) is 30.6 Å². The fourth-order valence-electron chi connectivity index (χ4n) is 3.56. The summed E-state index contributed by atoms with van der Waals surface area (Å²) in [6.45, 7) is 2.74. The number of anilines is 1. The van der Waals surface area contributed by atoms with E-state index in [4.69, 9.17) is 10.6 Å². The van der Waals surface area contributed by atoms with E-state index in [1.807, 2.05) is 6.07 Å². The number of amides is 2. The first-order chi connectivity index (χ1) is 17.5. The monoisotopic (exact) mass is 588 g/mol. The molecule has 0 spiro atoms. The van der Waals surface area contributed by atoms with Crippen molar-refractivity contribution in [1.29, 1.82) is 0 Å². The van der Waals surface area contributed by atoms with E-state index in [1.165, 1.54) is 31.0 Å². The van der Waals surface area contributed by atoms with Crippen molar-refractivity contribution >= 4 is 57.7 Å². The summed E-state index contributed by atoms with van der Waals surface area (Å²) in [5, 5.41) is 28.4. The number of halogens is 1. The molecule has 0 bridgehead atoms. The van der Waals surface area contributed by atoms with E-state index in [-0.39, 0.29) is 60.0 Å². The quantitative estimate of drug-likeness (QED) is 0.0833. The number of carboxylic acid groups (broad SMARTS) is 2. The topological polar surface area (TPSA) is 191 Å². The fourth-order valence-corrected chi connectivity index (χ4v) is 5.45. The first-order valence-electron chi connectivity index (χ1n) is 10.8. The molecule has 202 valence electrons. The van der Waals surface area contributed by atoms with Gasteiger partial charge in [0.2, 0.25) is 5.60 Å². The van der Waals surface area contributed by atoms with E-state index in [0.29, 0.717) is 11.3 Å². The first-order valence-corrected chi connectivity index (χ1v) is 12.8. The average molecular weight is 589 g/mol. The summed E-state index contributed by atoms with van der Waals surface area (Å²) in [7, 11) is 0. The van der Waals surface area contributed by atoms with Crippen molar-refractivity contribution in [3.63, 3.8) is 0 Å². The number of nitrogens with zero attached hydrogens (tertiary/aromatic N) is 4. The van der Waals surface area contributed by atoms with Gasteiger partial charge in [-0.1, -0.05) is 11.2 Å². The zero-order chi connectivity index (χ0) is 26.9. The SMILES string of the molecule is CC(C)(O/N=C(\C(=O)N[C@@H]1C(=O)N2C(C(=O)[O-])=C(C[n+]3ccccc3)CS[C@H]12)c1csc(N)n1)C(=O)O.[Cl-].[Li+]. The van der Waals surface area contributed by atoms with Crippen LogP contribution >= 0.6 is 23.1 Å². The molecule has 0 aliphatic carbocycles. The molecule has 39 heavy (non-hydrogen) atoms. The summed E-state index contributed by atoms with van der Waals surface area (Å²) in [5.74, 6) is -4.01. The number of β-lactam (4-membered cyclic amide) rings is 1. The van der Waals surface area contributed by atoms with Crippen LogP contribution in [0, 0.1) is 0 Å². The average Bonchev–Trinajstić information content (AvgIpc) is 3.28. The van der Waals surface area contributed by atoms with E-state index in [2.05, 4.69) is 15.5 Å². The molecule has 13 nitrogen and oxygen atoms in total. The third-order valence-corrected chi connectivity index (χ3v) is 7.55. The van der Waals surface area contributed by atoms with Crippen LogP contribution in [0.15, 0.2) is 52.4 Å². The fraction of sp³-hybridized carbons (Fsp3) is 0.318. The molecule has 4 heterocycles. The molecule has 2 atom stereocenters. The van der Waals surface area contributed by atoms with Crippen LogP contribution in [0.1, 0.15) is 19.5 Å². The maximum atomic E-state index is 13.1. The number of fused-ring (bicyclic) bond motifs is 1. The molecule has 0 radical (unpaired) electrons. The van der Waals surface area contributed by atoms with Crippen LogP contribution in [0.25, 0.3) is 0 Å². The first kappa shape index (κ1) is 32.1. The summed E-state index contributed by atoms with van der Waals surface area (Å²) < 4.78 is 1.78. The minimum Gasteiger partial charge on any atom is -1.00 e. The molecule has 2 aromatic rings. The van der Waals surface area contributed by atoms with Crippen molar-refractivity contribution in [2.75, 3.05) is 11.5 Å². The number of nitrogens with one attached hydrogen (secondary N) is 1. The Kier molecular flexibility index (Phi) is 10.6. The molecule has 1 fully saturated rings. The molecule has 2 aliphatic rings. The minimum atomic E-state index is -1.75. The Balaban J connectivity index is 0.00000267. The van der Waals surface area contributed by atoms with Crippen LogP contribution in [0.3, 0.4) is 0 Å².